The first-order valence-electron chi connectivity index (χ1n) is 8.97. The molecule has 0 aliphatic rings. The Morgan fingerprint density at radius 2 is 1.79 bits per heavy atom. The minimum Gasteiger partial charge on any atom is -0.493 e. The second-order valence-electron chi connectivity index (χ2n) is 6.55. The lowest BCUT2D eigenvalue weighted by Gasteiger charge is -2.10. The van der Waals surface area contributed by atoms with Gasteiger partial charge in [0, 0.05) is 12.6 Å². The molecular formula is C22H23NO5. The number of carbonyl (C=O) groups excluding carboxylic acids is 1. The molecule has 1 N–H and O–H groups in total. The van der Waals surface area contributed by atoms with Gasteiger partial charge in [-0.2, -0.15) is 0 Å². The van der Waals surface area contributed by atoms with Crippen LogP contribution >= 0.6 is 0 Å². The van der Waals surface area contributed by atoms with Gasteiger partial charge in [-0.25, -0.2) is 0 Å². The van der Waals surface area contributed by atoms with Crippen molar-refractivity contribution in [3.8, 4) is 11.5 Å². The fourth-order valence-electron chi connectivity index (χ4n) is 3.01. The molecule has 6 heteroatoms. The van der Waals surface area contributed by atoms with Crippen molar-refractivity contribution in [1.29, 1.82) is 0 Å². The number of methoxy groups -OCH3 is 2. The summed E-state index contributed by atoms with van der Waals surface area (Å²) in [4.78, 5) is 24.8. The number of aryl methyl sites for hydroxylation is 2. The summed E-state index contributed by atoms with van der Waals surface area (Å²) in [5, 5.41) is 3.27. The third kappa shape index (κ3) is 3.86. The van der Waals surface area contributed by atoms with E-state index in [4.69, 9.17) is 13.9 Å². The summed E-state index contributed by atoms with van der Waals surface area (Å²) in [7, 11) is 3.16. The molecule has 3 aromatic rings. The molecule has 2 aromatic carbocycles. The van der Waals surface area contributed by atoms with Crippen molar-refractivity contribution in [3.05, 3.63) is 69.1 Å². The number of amides is 1. The third-order valence-corrected chi connectivity index (χ3v) is 4.79. The topological polar surface area (TPSA) is 77.8 Å². The molecule has 0 radical (unpaired) electrons. The van der Waals surface area contributed by atoms with Crippen LogP contribution in [-0.4, -0.2) is 26.7 Å². The second kappa shape index (κ2) is 8.17. The minimum atomic E-state index is -0.416. The second-order valence-corrected chi connectivity index (χ2v) is 6.55. The zero-order valence-corrected chi connectivity index (χ0v) is 16.4. The molecule has 1 amide bonds. The zero-order chi connectivity index (χ0) is 20.3. The Morgan fingerprint density at radius 1 is 1.04 bits per heavy atom. The Bertz CT molecular complexity index is 1080. The number of fused-ring (bicyclic) bond motifs is 1. The highest BCUT2D eigenvalue weighted by atomic mass is 16.5. The molecule has 0 unspecified atom stereocenters. The molecule has 0 aliphatic carbocycles. The molecular weight excluding hydrogens is 358 g/mol. The van der Waals surface area contributed by atoms with E-state index in [2.05, 4.69) is 5.32 Å². The molecule has 3 rings (SSSR count). The Hall–Kier alpha value is -3.28. The Morgan fingerprint density at radius 3 is 2.50 bits per heavy atom. The number of carbonyl (C=O) groups is 1. The van der Waals surface area contributed by atoms with Crippen molar-refractivity contribution >= 4 is 16.9 Å². The standard InChI is InChI=1S/C22H23NO5/c1-13-5-7-16-17(24)12-20(28-21(16)14(13)2)22(25)23-10-9-15-6-8-18(26-3)19(11-15)27-4/h5-8,11-12H,9-10H2,1-4H3,(H,23,25). The zero-order valence-electron chi connectivity index (χ0n) is 16.4. The molecule has 6 nitrogen and oxygen atoms in total. The van der Waals surface area contributed by atoms with Crippen molar-refractivity contribution in [3.63, 3.8) is 0 Å². The minimum absolute atomic E-state index is 0.0125. The van der Waals surface area contributed by atoms with Crippen LogP contribution in [0.25, 0.3) is 11.0 Å². The molecule has 0 aliphatic heterocycles. The monoisotopic (exact) mass is 381 g/mol. The summed E-state index contributed by atoms with van der Waals surface area (Å²) in [6, 6.07) is 10.4. The van der Waals surface area contributed by atoms with Gasteiger partial charge < -0.3 is 19.2 Å². The molecule has 1 aromatic heterocycles. The molecule has 0 atom stereocenters. The van der Waals surface area contributed by atoms with Crippen LogP contribution in [0.15, 0.2) is 45.6 Å². The number of hydrogen-bond acceptors (Lipinski definition) is 5. The molecule has 0 saturated carbocycles. The number of hydrogen-bond donors (Lipinski definition) is 1. The van der Waals surface area contributed by atoms with Crippen LogP contribution in [0.3, 0.4) is 0 Å². The molecule has 0 spiro atoms. The molecule has 0 fully saturated rings. The Balaban J connectivity index is 1.73. The fourth-order valence-corrected chi connectivity index (χ4v) is 3.01. The molecule has 1 heterocycles. The lowest BCUT2D eigenvalue weighted by Crippen LogP contribution is -2.26. The number of nitrogens with one attached hydrogen (secondary N) is 1. The maximum atomic E-state index is 12.5. The van der Waals surface area contributed by atoms with Crippen molar-refractivity contribution < 1.29 is 18.7 Å². The molecule has 28 heavy (non-hydrogen) atoms. The largest absolute Gasteiger partial charge is 0.493 e. The van der Waals surface area contributed by atoms with Gasteiger partial charge in [0.05, 0.1) is 19.6 Å². The van der Waals surface area contributed by atoms with Crippen LogP contribution in [0, 0.1) is 13.8 Å². The highest BCUT2D eigenvalue weighted by Gasteiger charge is 2.14. The van der Waals surface area contributed by atoms with Gasteiger partial charge in [-0.15, -0.1) is 0 Å². The van der Waals surface area contributed by atoms with Crippen LogP contribution in [0.2, 0.25) is 0 Å². The summed E-state index contributed by atoms with van der Waals surface area (Å²) >= 11 is 0. The van der Waals surface area contributed by atoms with Crippen molar-refractivity contribution in [2.24, 2.45) is 0 Å². The van der Waals surface area contributed by atoms with E-state index in [1.807, 2.05) is 38.1 Å². The first-order chi connectivity index (χ1) is 13.4. The van der Waals surface area contributed by atoms with E-state index in [1.54, 1.807) is 20.3 Å². The molecule has 0 saturated heterocycles. The predicted molar refractivity (Wildman–Crippen MR) is 108 cm³/mol. The van der Waals surface area contributed by atoms with Gasteiger partial charge in [0.1, 0.15) is 5.58 Å². The summed E-state index contributed by atoms with van der Waals surface area (Å²) in [6.07, 6.45) is 0.599. The fraction of sp³-hybridized carbons (Fsp3) is 0.273. The van der Waals surface area contributed by atoms with Gasteiger partial charge in [0.2, 0.25) is 0 Å². The van der Waals surface area contributed by atoms with E-state index in [1.165, 1.54) is 6.07 Å². The van der Waals surface area contributed by atoms with Crippen LogP contribution in [0.1, 0.15) is 27.2 Å². The van der Waals surface area contributed by atoms with Crippen molar-refractivity contribution in [1.82, 2.24) is 5.32 Å². The van der Waals surface area contributed by atoms with E-state index >= 15 is 0 Å². The quantitative estimate of drug-likeness (QED) is 0.708. The normalized spacial score (nSPS) is 10.7. The summed E-state index contributed by atoms with van der Waals surface area (Å²) in [5.41, 5.74) is 3.08. The molecule has 0 bridgehead atoms. The van der Waals surface area contributed by atoms with E-state index < -0.39 is 5.91 Å². The van der Waals surface area contributed by atoms with Gasteiger partial charge in [-0.3, -0.25) is 9.59 Å². The number of benzene rings is 2. The van der Waals surface area contributed by atoms with E-state index in [0.29, 0.717) is 35.4 Å². The Labute approximate surface area is 163 Å². The van der Waals surface area contributed by atoms with E-state index in [-0.39, 0.29) is 11.2 Å². The van der Waals surface area contributed by atoms with Gasteiger partial charge >= 0.3 is 0 Å². The number of rotatable bonds is 6. The van der Waals surface area contributed by atoms with Gasteiger partial charge in [-0.05, 0) is 55.2 Å². The van der Waals surface area contributed by atoms with Crippen molar-refractivity contribution in [2.45, 2.75) is 20.3 Å². The lowest BCUT2D eigenvalue weighted by molar-refractivity contribution is 0.0927. The summed E-state index contributed by atoms with van der Waals surface area (Å²) in [6.45, 7) is 4.20. The predicted octanol–water partition coefficient (Wildman–Crippen LogP) is 3.40. The Kier molecular flexibility index (Phi) is 5.68. The average molecular weight is 381 g/mol. The average Bonchev–Trinajstić information content (AvgIpc) is 2.70. The van der Waals surface area contributed by atoms with Crippen LogP contribution in [0.5, 0.6) is 11.5 Å². The summed E-state index contributed by atoms with van der Waals surface area (Å²) in [5.74, 6) is 0.885. The van der Waals surface area contributed by atoms with Crippen molar-refractivity contribution in [2.75, 3.05) is 20.8 Å². The highest BCUT2D eigenvalue weighted by Crippen LogP contribution is 2.27. The van der Waals surface area contributed by atoms with Crippen LogP contribution < -0.4 is 20.2 Å². The van der Waals surface area contributed by atoms with E-state index in [9.17, 15) is 9.59 Å². The van der Waals surface area contributed by atoms with Gasteiger partial charge in [-0.1, -0.05) is 12.1 Å². The van der Waals surface area contributed by atoms with Gasteiger partial charge in [0.15, 0.2) is 22.7 Å². The first-order valence-corrected chi connectivity index (χ1v) is 8.97. The lowest BCUT2D eigenvalue weighted by atomic mass is 10.1. The SMILES string of the molecule is COc1ccc(CCNC(=O)c2cc(=O)c3ccc(C)c(C)c3o2)cc1OC. The molecule has 146 valence electrons. The van der Waals surface area contributed by atoms with E-state index in [0.717, 1.165) is 16.7 Å². The van der Waals surface area contributed by atoms with Crippen LogP contribution in [0.4, 0.5) is 0 Å². The highest BCUT2D eigenvalue weighted by molar-refractivity contribution is 5.93. The van der Waals surface area contributed by atoms with Crippen LogP contribution in [-0.2, 0) is 6.42 Å². The summed E-state index contributed by atoms with van der Waals surface area (Å²) < 4.78 is 16.2. The number of ether oxygens (including phenoxy) is 2. The maximum absolute atomic E-state index is 12.5. The smallest absolute Gasteiger partial charge is 0.287 e. The maximum Gasteiger partial charge on any atom is 0.287 e. The first kappa shape index (κ1) is 19.5. The third-order valence-electron chi connectivity index (χ3n) is 4.79. The van der Waals surface area contributed by atoms with Gasteiger partial charge in [0.25, 0.3) is 5.91 Å².